The molecule has 0 aromatic heterocycles. The maximum Gasteiger partial charge on any atom is 0.416 e. The highest BCUT2D eigenvalue weighted by molar-refractivity contribution is 6.32. The number of carbonyl (C=O) groups is 1. The lowest BCUT2D eigenvalue weighted by molar-refractivity contribution is -0.137. The number of aromatic carboxylic acids is 1. The first kappa shape index (κ1) is 18.9. The van der Waals surface area contributed by atoms with Crippen LogP contribution in [0.1, 0.15) is 21.5 Å². The number of benzene rings is 2. The predicted molar refractivity (Wildman–Crippen MR) is 88.5 cm³/mol. The largest absolute Gasteiger partial charge is 0.487 e. The molecule has 0 spiro atoms. The summed E-state index contributed by atoms with van der Waals surface area (Å²) in [5, 5.41) is 9.00. The summed E-state index contributed by atoms with van der Waals surface area (Å²) in [6.07, 6.45) is -4.49. The van der Waals surface area contributed by atoms with Gasteiger partial charge in [0, 0.05) is 19.8 Å². The Morgan fingerprint density at radius 1 is 1.20 bits per heavy atom. The number of carboxylic acids is 1. The molecule has 0 bridgehead atoms. The highest BCUT2D eigenvalue weighted by Gasteiger charge is 2.31. The predicted octanol–water partition coefficient (Wildman–Crippen LogP) is 4.70. The summed E-state index contributed by atoms with van der Waals surface area (Å²) in [6.45, 7) is -0.0347. The lowest BCUT2D eigenvalue weighted by Gasteiger charge is -2.16. The SMILES string of the molecule is CN(C)c1cc(COc2ccc(C(F)(F)F)cc2Cl)cc(C(=O)O)c1. The molecule has 2 aromatic rings. The first-order valence-electron chi connectivity index (χ1n) is 7.12. The Balaban J connectivity index is 2.22. The van der Waals surface area contributed by atoms with Gasteiger partial charge in [-0.15, -0.1) is 0 Å². The van der Waals surface area contributed by atoms with Crippen LogP contribution in [0.5, 0.6) is 5.75 Å². The van der Waals surface area contributed by atoms with Crippen LogP contribution in [0, 0.1) is 0 Å². The average Bonchev–Trinajstić information content (AvgIpc) is 2.52. The van der Waals surface area contributed by atoms with E-state index in [2.05, 4.69) is 0 Å². The normalized spacial score (nSPS) is 11.3. The van der Waals surface area contributed by atoms with Gasteiger partial charge < -0.3 is 14.7 Å². The molecule has 0 aliphatic heterocycles. The zero-order valence-corrected chi connectivity index (χ0v) is 14.1. The van der Waals surface area contributed by atoms with E-state index in [1.807, 2.05) is 0 Å². The van der Waals surface area contributed by atoms with Crippen LogP contribution in [0.3, 0.4) is 0 Å². The third kappa shape index (κ3) is 4.79. The van der Waals surface area contributed by atoms with Gasteiger partial charge >= 0.3 is 12.1 Å². The van der Waals surface area contributed by atoms with E-state index >= 15 is 0 Å². The molecule has 2 aromatic carbocycles. The Kier molecular flexibility index (Phi) is 5.47. The second kappa shape index (κ2) is 7.23. The van der Waals surface area contributed by atoms with Gasteiger partial charge in [0.1, 0.15) is 12.4 Å². The standard InChI is InChI=1S/C17H15ClF3NO3/c1-22(2)13-6-10(5-11(7-13)16(23)24)9-25-15-4-3-12(8-14(15)18)17(19,20)21/h3-8H,9H2,1-2H3,(H,23,24). The summed E-state index contributed by atoms with van der Waals surface area (Å²) in [5.74, 6) is -1.00. The Labute approximate surface area is 147 Å². The van der Waals surface area contributed by atoms with Crippen LogP contribution in [0.25, 0.3) is 0 Å². The number of nitrogens with zero attached hydrogens (tertiary/aromatic N) is 1. The molecule has 2 rings (SSSR count). The van der Waals surface area contributed by atoms with Crippen LogP contribution in [0.4, 0.5) is 18.9 Å². The van der Waals surface area contributed by atoms with E-state index in [0.29, 0.717) is 11.3 Å². The third-order valence-corrected chi connectivity index (χ3v) is 3.69. The number of alkyl halides is 3. The number of hydrogen-bond donors (Lipinski definition) is 1. The van der Waals surface area contributed by atoms with Crippen molar-refractivity contribution < 1.29 is 27.8 Å². The van der Waals surface area contributed by atoms with E-state index in [1.165, 1.54) is 12.1 Å². The highest BCUT2D eigenvalue weighted by Crippen LogP contribution is 2.35. The Morgan fingerprint density at radius 2 is 1.88 bits per heavy atom. The van der Waals surface area contributed by atoms with Gasteiger partial charge in [-0.25, -0.2) is 4.79 Å². The minimum Gasteiger partial charge on any atom is -0.487 e. The summed E-state index contributed by atoms with van der Waals surface area (Å²) >= 11 is 5.84. The van der Waals surface area contributed by atoms with Crippen LogP contribution in [0.2, 0.25) is 5.02 Å². The first-order valence-corrected chi connectivity index (χ1v) is 7.50. The zero-order valence-electron chi connectivity index (χ0n) is 13.4. The fraction of sp³-hybridized carbons (Fsp3) is 0.235. The van der Waals surface area contributed by atoms with Crippen LogP contribution in [-0.4, -0.2) is 25.2 Å². The van der Waals surface area contributed by atoms with Crippen molar-refractivity contribution >= 4 is 23.3 Å². The number of ether oxygens (including phenoxy) is 1. The second-order valence-corrected chi connectivity index (χ2v) is 5.93. The zero-order chi connectivity index (χ0) is 18.8. The molecule has 25 heavy (non-hydrogen) atoms. The molecule has 0 aliphatic rings. The maximum absolute atomic E-state index is 12.6. The van der Waals surface area contributed by atoms with E-state index in [1.54, 1.807) is 25.1 Å². The highest BCUT2D eigenvalue weighted by atomic mass is 35.5. The third-order valence-electron chi connectivity index (χ3n) is 3.39. The van der Waals surface area contributed by atoms with Gasteiger partial charge in [0.05, 0.1) is 16.1 Å². The number of hydrogen-bond acceptors (Lipinski definition) is 3. The van der Waals surface area contributed by atoms with Crippen molar-refractivity contribution in [3.05, 3.63) is 58.1 Å². The molecule has 0 fully saturated rings. The molecule has 1 N–H and O–H groups in total. The smallest absolute Gasteiger partial charge is 0.416 e. The molecule has 0 heterocycles. The summed E-state index contributed by atoms with van der Waals surface area (Å²) in [6, 6.07) is 7.48. The Hall–Kier alpha value is -2.41. The fourth-order valence-electron chi connectivity index (χ4n) is 2.09. The summed E-state index contributed by atoms with van der Waals surface area (Å²) < 4.78 is 43.3. The fourth-order valence-corrected chi connectivity index (χ4v) is 2.33. The summed E-state index contributed by atoms with van der Waals surface area (Å²) in [4.78, 5) is 12.9. The molecule has 4 nitrogen and oxygen atoms in total. The van der Waals surface area contributed by atoms with Gasteiger partial charge in [0.2, 0.25) is 0 Å². The summed E-state index contributed by atoms with van der Waals surface area (Å²) in [5.41, 5.74) is 0.438. The van der Waals surface area contributed by atoms with Gasteiger partial charge in [0.25, 0.3) is 0 Å². The van der Waals surface area contributed by atoms with Gasteiger partial charge in [-0.2, -0.15) is 13.2 Å². The van der Waals surface area contributed by atoms with Crippen molar-refractivity contribution in [3.63, 3.8) is 0 Å². The second-order valence-electron chi connectivity index (χ2n) is 5.52. The number of rotatable bonds is 5. The number of carboxylic acid groups (broad SMARTS) is 1. The molecular weight excluding hydrogens is 359 g/mol. The van der Waals surface area contributed by atoms with E-state index in [0.717, 1.165) is 18.2 Å². The van der Waals surface area contributed by atoms with Crippen molar-refractivity contribution in [2.24, 2.45) is 0 Å². The molecule has 0 aliphatic carbocycles. The maximum atomic E-state index is 12.6. The van der Waals surface area contributed by atoms with E-state index in [-0.39, 0.29) is 22.9 Å². The van der Waals surface area contributed by atoms with E-state index < -0.39 is 17.7 Å². The quantitative estimate of drug-likeness (QED) is 0.825. The molecule has 0 radical (unpaired) electrons. The van der Waals surface area contributed by atoms with Gasteiger partial charge in [-0.3, -0.25) is 0 Å². The van der Waals surface area contributed by atoms with Crippen LogP contribution in [0.15, 0.2) is 36.4 Å². The molecule has 0 saturated carbocycles. The van der Waals surface area contributed by atoms with Crippen molar-refractivity contribution in [1.29, 1.82) is 0 Å². The Bertz CT molecular complexity index is 791. The van der Waals surface area contributed by atoms with Crippen molar-refractivity contribution in [1.82, 2.24) is 0 Å². The van der Waals surface area contributed by atoms with Crippen LogP contribution < -0.4 is 9.64 Å². The van der Waals surface area contributed by atoms with Crippen molar-refractivity contribution in [3.8, 4) is 5.75 Å². The van der Waals surface area contributed by atoms with Crippen LogP contribution >= 0.6 is 11.6 Å². The lowest BCUT2D eigenvalue weighted by Crippen LogP contribution is -2.11. The molecular formula is C17H15ClF3NO3. The van der Waals surface area contributed by atoms with E-state index in [4.69, 9.17) is 21.4 Å². The molecule has 0 saturated heterocycles. The molecule has 0 atom stereocenters. The molecule has 0 unspecified atom stereocenters. The monoisotopic (exact) mass is 373 g/mol. The van der Waals surface area contributed by atoms with Gasteiger partial charge in [-0.05, 0) is 42.0 Å². The van der Waals surface area contributed by atoms with Crippen molar-refractivity contribution in [2.75, 3.05) is 19.0 Å². The molecule has 134 valence electrons. The van der Waals surface area contributed by atoms with Crippen LogP contribution in [-0.2, 0) is 12.8 Å². The minimum atomic E-state index is -4.49. The van der Waals surface area contributed by atoms with Crippen molar-refractivity contribution in [2.45, 2.75) is 12.8 Å². The minimum absolute atomic E-state index is 0.0347. The molecule has 8 heteroatoms. The van der Waals surface area contributed by atoms with Gasteiger partial charge in [0.15, 0.2) is 0 Å². The van der Waals surface area contributed by atoms with E-state index in [9.17, 15) is 18.0 Å². The number of anilines is 1. The summed E-state index contributed by atoms with van der Waals surface area (Å²) in [7, 11) is 3.52. The average molecular weight is 374 g/mol. The Morgan fingerprint density at radius 3 is 2.40 bits per heavy atom. The number of halogens is 4. The lowest BCUT2D eigenvalue weighted by atomic mass is 10.1. The molecule has 0 amide bonds. The first-order chi connectivity index (χ1) is 11.6. The van der Waals surface area contributed by atoms with Gasteiger partial charge in [-0.1, -0.05) is 11.6 Å². The topological polar surface area (TPSA) is 49.8 Å².